The number of benzene rings is 1. The van der Waals surface area contributed by atoms with Gasteiger partial charge in [0, 0.05) is 0 Å². The van der Waals surface area contributed by atoms with Gasteiger partial charge in [0.25, 0.3) is 0 Å². The van der Waals surface area contributed by atoms with Crippen LogP contribution in [0.5, 0.6) is 5.75 Å². The van der Waals surface area contributed by atoms with Crippen LogP contribution in [0.1, 0.15) is 21.9 Å². The summed E-state index contributed by atoms with van der Waals surface area (Å²) in [6, 6.07) is 7.48. The lowest BCUT2D eigenvalue weighted by molar-refractivity contribution is -0.117. The van der Waals surface area contributed by atoms with Crippen LogP contribution >= 0.6 is 0 Å². The van der Waals surface area contributed by atoms with E-state index in [2.05, 4.69) is 14.8 Å². The smallest absolute Gasteiger partial charge is 0.387 e. The van der Waals surface area contributed by atoms with Gasteiger partial charge in [-0.05, 0) is 32.2 Å². The number of carbonyl (C=O) groups is 2. The van der Waals surface area contributed by atoms with Crippen molar-refractivity contribution in [2.24, 2.45) is 0 Å². The second-order valence-electron chi connectivity index (χ2n) is 5.77. The Bertz CT molecular complexity index is 807. The van der Waals surface area contributed by atoms with Crippen molar-refractivity contribution >= 4 is 17.6 Å². The standard InChI is InChI=1S/C18H20F2N2O5/c1-11-13(17(24)25-3)8-12(26-11)9-22(2)10-16(23)21-14-6-4-5-7-15(14)27-18(19)20/h4-8,18H,9-10H2,1-3H3,(H,21,23). The Balaban J connectivity index is 1.96. The molecule has 0 radical (unpaired) electrons. The highest BCUT2D eigenvalue weighted by molar-refractivity contribution is 5.93. The average Bonchev–Trinajstić information content (AvgIpc) is 2.95. The first-order valence-electron chi connectivity index (χ1n) is 8.00. The molecule has 0 fully saturated rings. The van der Waals surface area contributed by atoms with Crippen molar-refractivity contribution in [3.63, 3.8) is 0 Å². The van der Waals surface area contributed by atoms with Crippen molar-refractivity contribution < 1.29 is 32.3 Å². The zero-order chi connectivity index (χ0) is 20.0. The van der Waals surface area contributed by atoms with Crippen LogP contribution in [0.2, 0.25) is 0 Å². The largest absolute Gasteiger partial charge is 0.465 e. The first-order valence-corrected chi connectivity index (χ1v) is 8.00. The van der Waals surface area contributed by atoms with Crippen LogP contribution in [0.3, 0.4) is 0 Å². The van der Waals surface area contributed by atoms with Gasteiger partial charge in [0.1, 0.15) is 22.8 Å². The molecule has 0 aliphatic carbocycles. The molecular weight excluding hydrogens is 362 g/mol. The molecule has 1 N–H and O–H groups in total. The van der Waals surface area contributed by atoms with E-state index >= 15 is 0 Å². The summed E-state index contributed by atoms with van der Waals surface area (Å²) in [5.41, 5.74) is 0.474. The van der Waals surface area contributed by atoms with E-state index in [9.17, 15) is 18.4 Å². The van der Waals surface area contributed by atoms with Gasteiger partial charge >= 0.3 is 12.6 Å². The lowest BCUT2D eigenvalue weighted by Crippen LogP contribution is -2.29. The molecule has 0 saturated carbocycles. The zero-order valence-corrected chi connectivity index (χ0v) is 15.1. The minimum Gasteiger partial charge on any atom is -0.465 e. The van der Waals surface area contributed by atoms with Crippen molar-refractivity contribution in [2.75, 3.05) is 26.0 Å². The number of furan rings is 1. The Hall–Kier alpha value is -2.94. The van der Waals surface area contributed by atoms with E-state index in [1.165, 1.54) is 25.3 Å². The maximum absolute atomic E-state index is 12.4. The molecule has 0 aliphatic rings. The van der Waals surface area contributed by atoms with Crippen LogP contribution < -0.4 is 10.1 Å². The molecule has 1 heterocycles. The van der Waals surface area contributed by atoms with E-state index < -0.39 is 18.5 Å². The lowest BCUT2D eigenvalue weighted by Gasteiger charge is -2.16. The lowest BCUT2D eigenvalue weighted by atomic mass is 10.2. The second-order valence-corrected chi connectivity index (χ2v) is 5.77. The van der Waals surface area contributed by atoms with E-state index in [1.807, 2.05) is 0 Å². The van der Waals surface area contributed by atoms with Gasteiger partial charge in [0.2, 0.25) is 5.91 Å². The number of ether oxygens (including phenoxy) is 2. The zero-order valence-electron chi connectivity index (χ0n) is 15.1. The Morgan fingerprint density at radius 3 is 2.67 bits per heavy atom. The number of anilines is 1. The maximum Gasteiger partial charge on any atom is 0.387 e. The summed E-state index contributed by atoms with van der Waals surface area (Å²) in [5, 5.41) is 2.53. The second kappa shape index (κ2) is 9.13. The first kappa shape index (κ1) is 20.4. The fourth-order valence-corrected chi connectivity index (χ4v) is 2.46. The number of amides is 1. The topological polar surface area (TPSA) is 81.0 Å². The number of likely N-dealkylation sites (N-methyl/N-ethyl adjacent to an activating group) is 1. The maximum atomic E-state index is 12.4. The molecule has 0 unspecified atom stereocenters. The molecule has 2 aromatic rings. The third kappa shape index (κ3) is 5.78. The molecule has 1 aromatic heterocycles. The monoisotopic (exact) mass is 382 g/mol. The highest BCUT2D eigenvalue weighted by Gasteiger charge is 2.17. The Kier molecular flexibility index (Phi) is 6.89. The van der Waals surface area contributed by atoms with Crippen LogP contribution in [0.15, 0.2) is 34.7 Å². The predicted octanol–water partition coefficient (Wildman–Crippen LogP) is 3.05. The number of aryl methyl sites for hydroxylation is 1. The van der Waals surface area contributed by atoms with Gasteiger partial charge in [-0.1, -0.05) is 12.1 Å². The number of esters is 1. The fourth-order valence-electron chi connectivity index (χ4n) is 2.46. The number of alkyl halides is 2. The van der Waals surface area contributed by atoms with Gasteiger partial charge in [-0.25, -0.2) is 4.79 Å². The number of methoxy groups -OCH3 is 1. The first-order chi connectivity index (χ1) is 12.8. The van der Waals surface area contributed by atoms with Crippen LogP contribution in [-0.2, 0) is 16.1 Å². The number of nitrogens with zero attached hydrogens (tertiary/aromatic N) is 1. The molecule has 1 aromatic carbocycles. The summed E-state index contributed by atoms with van der Waals surface area (Å²) >= 11 is 0. The number of rotatable bonds is 8. The van der Waals surface area contributed by atoms with Crippen molar-refractivity contribution in [1.29, 1.82) is 0 Å². The molecule has 0 atom stereocenters. The number of hydrogen-bond acceptors (Lipinski definition) is 6. The third-order valence-electron chi connectivity index (χ3n) is 3.59. The highest BCUT2D eigenvalue weighted by Crippen LogP contribution is 2.25. The summed E-state index contributed by atoms with van der Waals surface area (Å²) in [4.78, 5) is 25.4. The number of para-hydroxylation sites is 2. The normalized spacial score (nSPS) is 10.9. The Labute approximate surface area is 154 Å². The summed E-state index contributed by atoms with van der Waals surface area (Å²) in [6.45, 7) is -1.11. The number of hydrogen-bond donors (Lipinski definition) is 1. The third-order valence-corrected chi connectivity index (χ3v) is 3.59. The molecule has 27 heavy (non-hydrogen) atoms. The summed E-state index contributed by atoms with van der Waals surface area (Å²) in [7, 11) is 2.96. The fraction of sp³-hybridized carbons (Fsp3) is 0.333. The molecule has 0 saturated heterocycles. The van der Waals surface area contributed by atoms with E-state index in [0.717, 1.165) is 0 Å². The van der Waals surface area contributed by atoms with Crippen LogP contribution in [0, 0.1) is 6.92 Å². The van der Waals surface area contributed by atoms with E-state index in [4.69, 9.17) is 4.42 Å². The van der Waals surface area contributed by atoms with E-state index in [-0.39, 0.29) is 24.5 Å². The van der Waals surface area contributed by atoms with Crippen LogP contribution in [0.4, 0.5) is 14.5 Å². The summed E-state index contributed by atoms with van der Waals surface area (Å²) in [5.74, 6) is -0.122. The molecule has 0 spiro atoms. The Morgan fingerprint density at radius 2 is 2.00 bits per heavy atom. The number of nitrogens with one attached hydrogen (secondary N) is 1. The highest BCUT2D eigenvalue weighted by atomic mass is 19.3. The van der Waals surface area contributed by atoms with Gasteiger partial charge in [-0.2, -0.15) is 8.78 Å². The predicted molar refractivity (Wildman–Crippen MR) is 92.8 cm³/mol. The van der Waals surface area contributed by atoms with Gasteiger partial charge in [-0.3, -0.25) is 9.69 Å². The van der Waals surface area contributed by atoms with Gasteiger partial charge in [0.05, 0.1) is 25.9 Å². The number of carbonyl (C=O) groups excluding carboxylic acids is 2. The average molecular weight is 382 g/mol. The Morgan fingerprint density at radius 1 is 1.30 bits per heavy atom. The molecule has 146 valence electrons. The molecule has 1 amide bonds. The van der Waals surface area contributed by atoms with E-state index in [1.54, 1.807) is 31.0 Å². The minimum atomic E-state index is -2.99. The van der Waals surface area contributed by atoms with Crippen LogP contribution in [-0.4, -0.2) is 44.1 Å². The van der Waals surface area contributed by atoms with Gasteiger partial charge in [-0.15, -0.1) is 0 Å². The number of halogens is 2. The van der Waals surface area contributed by atoms with Crippen LogP contribution in [0.25, 0.3) is 0 Å². The van der Waals surface area contributed by atoms with Crippen molar-refractivity contribution in [3.05, 3.63) is 47.4 Å². The quantitative estimate of drug-likeness (QED) is 0.707. The molecular formula is C18H20F2N2O5. The summed E-state index contributed by atoms with van der Waals surface area (Å²) in [6.07, 6.45) is 0. The van der Waals surface area contributed by atoms with Gasteiger partial charge in [0.15, 0.2) is 0 Å². The molecule has 7 nitrogen and oxygen atoms in total. The molecule has 2 rings (SSSR count). The molecule has 9 heteroatoms. The minimum absolute atomic E-state index is 0.0314. The van der Waals surface area contributed by atoms with Gasteiger partial charge < -0.3 is 19.2 Å². The molecule has 0 aliphatic heterocycles. The SMILES string of the molecule is COC(=O)c1cc(CN(C)CC(=O)Nc2ccccc2OC(F)F)oc1C. The van der Waals surface area contributed by atoms with Crippen molar-refractivity contribution in [2.45, 2.75) is 20.1 Å². The summed E-state index contributed by atoms with van der Waals surface area (Å²) < 4.78 is 39.4. The van der Waals surface area contributed by atoms with Crippen molar-refractivity contribution in [1.82, 2.24) is 4.90 Å². The van der Waals surface area contributed by atoms with E-state index in [0.29, 0.717) is 17.1 Å². The van der Waals surface area contributed by atoms with Crippen molar-refractivity contribution in [3.8, 4) is 5.75 Å². The molecule has 0 bridgehead atoms.